The summed E-state index contributed by atoms with van der Waals surface area (Å²) >= 11 is 3.79. The standard InChI is InChI=1S/C22H19BrN4O6S/c23-15-6-5-14(11-18(15)27(31)32)12-19-21(29)26(22(30)34-19)13-20(28)24-16-3-1-2-4-17(16)25-7-9-33-10-8-25/h1-6,11-12H,7-10,13H2,(H,24,28)/b19-12-. The zero-order valence-electron chi connectivity index (χ0n) is 17.7. The molecule has 0 aromatic heterocycles. The number of carbonyl (C=O) groups excluding carboxylic acids is 3. The number of ether oxygens (including phenoxy) is 1. The summed E-state index contributed by atoms with van der Waals surface area (Å²) < 4.78 is 5.68. The van der Waals surface area contributed by atoms with Gasteiger partial charge in [0.2, 0.25) is 5.91 Å². The van der Waals surface area contributed by atoms with E-state index in [2.05, 4.69) is 26.1 Å². The molecule has 2 heterocycles. The summed E-state index contributed by atoms with van der Waals surface area (Å²) in [5.74, 6) is -1.14. The second-order valence-corrected chi connectivity index (χ2v) is 9.25. The molecule has 3 amide bonds. The Bertz CT molecular complexity index is 1200. The summed E-state index contributed by atoms with van der Waals surface area (Å²) in [6, 6.07) is 11.7. The number of nitrogens with zero attached hydrogens (tertiary/aromatic N) is 3. The predicted molar refractivity (Wildman–Crippen MR) is 132 cm³/mol. The predicted octanol–water partition coefficient (Wildman–Crippen LogP) is 3.87. The van der Waals surface area contributed by atoms with E-state index in [0.29, 0.717) is 53.8 Å². The van der Waals surface area contributed by atoms with Crippen LogP contribution >= 0.6 is 27.7 Å². The maximum Gasteiger partial charge on any atom is 0.294 e. The normalized spacial score (nSPS) is 17.4. The largest absolute Gasteiger partial charge is 0.378 e. The Hall–Kier alpha value is -3.22. The van der Waals surface area contributed by atoms with E-state index in [1.165, 1.54) is 18.2 Å². The number of nitrogens with one attached hydrogen (secondary N) is 1. The molecule has 4 rings (SSSR count). The van der Waals surface area contributed by atoms with E-state index in [0.717, 1.165) is 10.6 Å². The third-order valence-corrected chi connectivity index (χ3v) is 6.75. The van der Waals surface area contributed by atoms with Gasteiger partial charge in [0.1, 0.15) is 6.54 Å². The van der Waals surface area contributed by atoms with Crippen molar-refractivity contribution in [3.63, 3.8) is 0 Å². The molecule has 2 aliphatic rings. The second-order valence-electron chi connectivity index (χ2n) is 7.40. The van der Waals surface area contributed by atoms with Crippen LogP contribution in [0, 0.1) is 10.1 Å². The fraction of sp³-hybridized carbons (Fsp3) is 0.227. The number of para-hydroxylation sites is 2. The quantitative estimate of drug-likeness (QED) is 0.329. The van der Waals surface area contributed by atoms with E-state index in [-0.39, 0.29) is 10.6 Å². The van der Waals surface area contributed by atoms with E-state index in [4.69, 9.17) is 4.74 Å². The lowest BCUT2D eigenvalue weighted by molar-refractivity contribution is -0.385. The lowest BCUT2D eigenvalue weighted by Gasteiger charge is -2.30. The molecule has 0 radical (unpaired) electrons. The molecule has 34 heavy (non-hydrogen) atoms. The fourth-order valence-electron chi connectivity index (χ4n) is 3.54. The van der Waals surface area contributed by atoms with Gasteiger partial charge in [-0.05, 0) is 57.5 Å². The molecule has 2 aliphatic heterocycles. The van der Waals surface area contributed by atoms with Crippen molar-refractivity contribution in [2.45, 2.75) is 0 Å². The Balaban J connectivity index is 1.46. The van der Waals surface area contributed by atoms with Gasteiger partial charge in [0.25, 0.3) is 16.8 Å². The molecule has 1 N–H and O–H groups in total. The van der Waals surface area contributed by atoms with Gasteiger partial charge in [0.15, 0.2) is 0 Å². The van der Waals surface area contributed by atoms with Gasteiger partial charge < -0.3 is 15.0 Å². The van der Waals surface area contributed by atoms with Crippen molar-refractivity contribution in [2.75, 3.05) is 43.1 Å². The first kappa shape index (κ1) is 23.9. The first-order valence-electron chi connectivity index (χ1n) is 10.2. The molecule has 10 nitrogen and oxygen atoms in total. The summed E-state index contributed by atoms with van der Waals surface area (Å²) in [5.41, 5.74) is 1.65. The molecule has 2 fully saturated rings. The highest BCUT2D eigenvalue weighted by Crippen LogP contribution is 2.34. The van der Waals surface area contributed by atoms with Crippen LogP contribution in [0.5, 0.6) is 0 Å². The number of benzene rings is 2. The number of hydrogen-bond donors (Lipinski definition) is 1. The van der Waals surface area contributed by atoms with Crippen LogP contribution in [0.1, 0.15) is 5.56 Å². The molecule has 0 spiro atoms. The molecule has 2 saturated heterocycles. The van der Waals surface area contributed by atoms with E-state index >= 15 is 0 Å². The van der Waals surface area contributed by atoms with Gasteiger partial charge in [0.05, 0.1) is 38.9 Å². The van der Waals surface area contributed by atoms with Gasteiger partial charge in [0, 0.05) is 19.2 Å². The average molecular weight is 547 g/mol. The van der Waals surface area contributed by atoms with Crippen molar-refractivity contribution >= 4 is 67.9 Å². The van der Waals surface area contributed by atoms with Gasteiger partial charge in [-0.1, -0.05) is 18.2 Å². The summed E-state index contributed by atoms with van der Waals surface area (Å²) in [5, 5.41) is 13.3. The Morgan fingerprint density at radius 1 is 1.21 bits per heavy atom. The maximum absolute atomic E-state index is 12.8. The molecule has 0 atom stereocenters. The Kier molecular flexibility index (Phi) is 7.29. The van der Waals surface area contributed by atoms with Crippen LogP contribution in [-0.2, 0) is 14.3 Å². The van der Waals surface area contributed by atoms with Crippen LogP contribution in [0.15, 0.2) is 51.8 Å². The third kappa shape index (κ3) is 5.29. The minimum absolute atomic E-state index is 0.0862. The topological polar surface area (TPSA) is 122 Å². The number of hydrogen-bond acceptors (Lipinski definition) is 8. The lowest BCUT2D eigenvalue weighted by atomic mass is 10.2. The van der Waals surface area contributed by atoms with Gasteiger partial charge in [-0.15, -0.1) is 0 Å². The first-order chi connectivity index (χ1) is 16.3. The Morgan fingerprint density at radius 3 is 2.68 bits per heavy atom. The second kappa shape index (κ2) is 10.4. The zero-order chi connectivity index (χ0) is 24.2. The number of anilines is 2. The number of halogens is 1. The summed E-state index contributed by atoms with van der Waals surface area (Å²) in [4.78, 5) is 51.5. The van der Waals surface area contributed by atoms with E-state index in [1.807, 2.05) is 12.1 Å². The number of morpholine rings is 1. The molecule has 0 saturated carbocycles. The number of nitro benzene ring substituents is 1. The van der Waals surface area contributed by atoms with E-state index in [9.17, 15) is 24.5 Å². The van der Waals surface area contributed by atoms with Crippen LogP contribution < -0.4 is 10.2 Å². The van der Waals surface area contributed by atoms with Crippen molar-refractivity contribution in [2.24, 2.45) is 0 Å². The molecule has 2 aromatic carbocycles. The van der Waals surface area contributed by atoms with Crippen molar-refractivity contribution in [3.8, 4) is 0 Å². The molecule has 0 aliphatic carbocycles. The number of nitro groups is 1. The number of thioether (sulfide) groups is 1. The average Bonchev–Trinajstić information content (AvgIpc) is 3.08. The van der Waals surface area contributed by atoms with Gasteiger partial charge in [-0.25, -0.2) is 0 Å². The lowest BCUT2D eigenvalue weighted by Crippen LogP contribution is -2.38. The molecule has 176 valence electrons. The monoisotopic (exact) mass is 546 g/mol. The van der Waals surface area contributed by atoms with E-state index in [1.54, 1.807) is 18.2 Å². The Labute approximate surface area is 207 Å². The maximum atomic E-state index is 12.8. The molecule has 0 bridgehead atoms. The molecular weight excluding hydrogens is 528 g/mol. The summed E-state index contributed by atoms with van der Waals surface area (Å²) in [6.45, 7) is 2.11. The van der Waals surface area contributed by atoms with E-state index < -0.39 is 28.5 Å². The van der Waals surface area contributed by atoms with Crippen LogP contribution in [0.25, 0.3) is 6.08 Å². The molecular formula is C22H19BrN4O6S. The molecule has 2 aromatic rings. The van der Waals surface area contributed by atoms with Crippen molar-refractivity contribution in [3.05, 3.63) is 67.5 Å². The van der Waals surface area contributed by atoms with Crippen LogP contribution in [0.2, 0.25) is 0 Å². The van der Waals surface area contributed by atoms with Crippen molar-refractivity contribution in [1.82, 2.24) is 4.90 Å². The molecule has 0 unspecified atom stereocenters. The number of carbonyl (C=O) groups is 3. The minimum Gasteiger partial charge on any atom is -0.378 e. The van der Waals surface area contributed by atoms with Crippen molar-refractivity contribution in [1.29, 1.82) is 0 Å². The SMILES string of the molecule is O=C(CN1C(=O)S/C(=C\c2ccc(Br)c([N+](=O)[O-])c2)C1=O)Nc1ccccc1N1CCOCC1. The zero-order valence-corrected chi connectivity index (χ0v) is 20.1. The summed E-state index contributed by atoms with van der Waals surface area (Å²) in [7, 11) is 0. The van der Waals surface area contributed by atoms with Gasteiger partial charge in [-0.3, -0.25) is 29.4 Å². The fourth-order valence-corrected chi connectivity index (χ4v) is 4.77. The van der Waals surface area contributed by atoms with Gasteiger partial charge >= 0.3 is 0 Å². The first-order valence-corrected chi connectivity index (χ1v) is 11.9. The highest BCUT2D eigenvalue weighted by molar-refractivity contribution is 9.10. The molecule has 12 heteroatoms. The smallest absolute Gasteiger partial charge is 0.294 e. The number of imide groups is 1. The van der Waals surface area contributed by atoms with Gasteiger partial charge in [-0.2, -0.15) is 0 Å². The highest BCUT2D eigenvalue weighted by atomic mass is 79.9. The number of amides is 3. The Morgan fingerprint density at radius 2 is 1.94 bits per heavy atom. The number of rotatable bonds is 6. The van der Waals surface area contributed by atoms with Crippen molar-refractivity contribution < 1.29 is 24.0 Å². The van der Waals surface area contributed by atoms with Crippen LogP contribution in [0.3, 0.4) is 0 Å². The minimum atomic E-state index is -0.628. The van der Waals surface area contributed by atoms with Crippen LogP contribution in [0.4, 0.5) is 21.9 Å². The summed E-state index contributed by atoms with van der Waals surface area (Å²) in [6.07, 6.45) is 1.40. The third-order valence-electron chi connectivity index (χ3n) is 5.17. The van der Waals surface area contributed by atoms with Crippen LogP contribution in [-0.4, -0.2) is 59.7 Å². The highest BCUT2D eigenvalue weighted by Gasteiger charge is 2.36.